The SMILES string of the molecule is Cc1c(NC(=O)OC(C)(C)C)ccc2nc(N(CC(C)C)C(=O)NCc3ccncc3)oc(=O)c12. The lowest BCUT2D eigenvalue weighted by atomic mass is 10.1. The van der Waals surface area contributed by atoms with Crippen LogP contribution < -0.4 is 21.2 Å². The number of benzene rings is 1. The molecule has 0 radical (unpaired) electrons. The van der Waals surface area contributed by atoms with E-state index in [0.717, 1.165) is 5.56 Å². The van der Waals surface area contributed by atoms with Gasteiger partial charge in [0.2, 0.25) is 0 Å². The van der Waals surface area contributed by atoms with Crippen molar-refractivity contribution in [2.24, 2.45) is 5.92 Å². The van der Waals surface area contributed by atoms with E-state index in [2.05, 4.69) is 20.6 Å². The summed E-state index contributed by atoms with van der Waals surface area (Å²) in [5.74, 6) is 0.0895. The molecule has 2 N–H and O–H groups in total. The summed E-state index contributed by atoms with van der Waals surface area (Å²) in [6.07, 6.45) is 2.65. The molecule has 0 atom stereocenters. The number of ether oxygens (including phenoxy) is 1. The molecule has 2 heterocycles. The molecular formula is C25H31N5O5. The molecule has 0 saturated carbocycles. The first kappa shape index (κ1) is 25.7. The van der Waals surface area contributed by atoms with Crippen molar-refractivity contribution in [3.05, 3.63) is 58.2 Å². The molecular weight excluding hydrogens is 450 g/mol. The minimum Gasteiger partial charge on any atom is -0.444 e. The number of pyridine rings is 1. The highest BCUT2D eigenvalue weighted by molar-refractivity contribution is 5.94. The van der Waals surface area contributed by atoms with Gasteiger partial charge in [0.15, 0.2) is 0 Å². The standard InChI is InChI=1S/C25H31N5O5/c1-15(2)14-30(22(32)27-13-17-9-11-26-12-10-17)23-28-19-8-7-18(16(3)20(19)21(31)34-23)29-24(33)35-25(4,5)6/h7-12,15H,13-14H2,1-6H3,(H,27,32)(H,29,33). The number of aromatic nitrogens is 2. The average molecular weight is 482 g/mol. The van der Waals surface area contributed by atoms with Crippen LogP contribution in [0.3, 0.4) is 0 Å². The molecule has 10 nitrogen and oxygen atoms in total. The average Bonchev–Trinajstić information content (AvgIpc) is 2.76. The summed E-state index contributed by atoms with van der Waals surface area (Å²) in [4.78, 5) is 47.9. The molecule has 3 aromatic rings. The fourth-order valence-corrected chi connectivity index (χ4v) is 3.36. The van der Waals surface area contributed by atoms with E-state index in [9.17, 15) is 14.4 Å². The van der Waals surface area contributed by atoms with Gasteiger partial charge in [-0.15, -0.1) is 0 Å². The molecule has 3 amide bonds. The van der Waals surface area contributed by atoms with Gasteiger partial charge in [-0.05, 0) is 69.0 Å². The first-order chi connectivity index (χ1) is 16.4. The zero-order valence-electron chi connectivity index (χ0n) is 20.8. The Kier molecular flexibility index (Phi) is 7.73. The third-order valence-electron chi connectivity index (χ3n) is 4.90. The van der Waals surface area contributed by atoms with E-state index < -0.39 is 23.4 Å². The summed E-state index contributed by atoms with van der Waals surface area (Å²) in [5.41, 5.74) is 0.792. The maximum absolute atomic E-state index is 13.0. The molecule has 1 aromatic carbocycles. The number of hydrogen-bond acceptors (Lipinski definition) is 7. The summed E-state index contributed by atoms with van der Waals surface area (Å²) in [7, 11) is 0. The first-order valence-corrected chi connectivity index (χ1v) is 11.3. The van der Waals surface area contributed by atoms with Crippen LogP contribution in [0.25, 0.3) is 10.9 Å². The number of urea groups is 1. The smallest absolute Gasteiger partial charge is 0.412 e. The Labute approximate surface area is 203 Å². The van der Waals surface area contributed by atoms with Crippen LogP contribution in [0.4, 0.5) is 21.3 Å². The minimum absolute atomic E-state index is 0.0895. The Morgan fingerprint density at radius 1 is 1.14 bits per heavy atom. The van der Waals surface area contributed by atoms with Gasteiger partial charge < -0.3 is 14.5 Å². The Hall–Kier alpha value is -3.95. The van der Waals surface area contributed by atoms with Crippen molar-refractivity contribution in [3.8, 4) is 0 Å². The molecule has 186 valence electrons. The maximum atomic E-state index is 13.0. The molecule has 0 aliphatic carbocycles. The summed E-state index contributed by atoms with van der Waals surface area (Å²) >= 11 is 0. The number of nitrogens with one attached hydrogen (secondary N) is 2. The topological polar surface area (TPSA) is 127 Å². The summed E-state index contributed by atoms with van der Waals surface area (Å²) < 4.78 is 10.8. The molecule has 0 spiro atoms. The van der Waals surface area contributed by atoms with Crippen LogP contribution in [0.15, 0.2) is 45.9 Å². The van der Waals surface area contributed by atoms with E-state index in [1.54, 1.807) is 64.4 Å². The van der Waals surface area contributed by atoms with Crippen molar-refractivity contribution in [1.29, 1.82) is 0 Å². The molecule has 35 heavy (non-hydrogen) atoms. The predicted molar refractivity (Wildman–Crippen MR) is 134 cm³/mol. The number of carbonyl (C=O) groups is 2. The second-order valence-electron chi connectivity index (χ2n) is 9.56. The summed E-state index contributed by atoms with van der Waals surface area (Å²) in [5, 5.41) is 5.69. The highest BCUT2D eigenvalue weighted by Gasteiger charge is 2.24. The zero-order valence-corrected chi connectivity index (χ0v) is 20.8. The molecule has 0 fully saturated rings. The van der Waals surface area contributed by atoms with Gasteiger partial charge in [-0.2, -0.15) is 4.98 Å². The van der Waals surface area contributed by atoms with Gasteiger partial charge in [-0.25, -0.2) is 19.3 Å². The number of carbonyl (C=O) groups excluding carboxylic acids is 2. The van der Waals surface area contributed by atoms with Crippen LogP contribution in [0.2, 0.25) is 0 Å². The van der Waals surface area contributed by atoms with Crippen molar-refractivity contribution < 1.29 is 18.7 Å². The van der Waals surface area contributed by atoms with Crippen molar-refractivity contribution in [2.45, 2.75) is 53.7 Å². The van der Waals surface area contributed by atoms with Gasteiger partial charge in [0.25, 0.3) is 0 Å². The van der Waals surface area contributed by atoms with Crippen LogP contribution in [-0.4, -0.2) is 34.2 Å². The van der Waals surface area contributed by atoms with E-state index in [1.807, 2.05) is 13.8 Å². The van der Waals surface area contributed by atoms with Crippen LogP contribution in [0.1, 0.15) is 45.7 Å². The van der Waals surface area contributed by atoms with Crippen LogP contribution in [0, 0.1) is 12.8 Å². The molecule has 0 saturated heterocycles. The lowest BCUT2D eigenvalue weighted by Gasteiger charge is -2.23. The number of anilines is 2. The van der Waals surface area contributed by atoms with Gasteiger partial charge >= 0.3 is 23.8 Å². The summed E-state index contributed by atoms with van der Waals surface area (Å²) in [6.45, 7) is 11.4. The van der Waals surface area contributed by atoms with E-state index in [-0.39, 0.29) is 23.9 Å². The van der Waals surface area contributed by atoms with E-state index in [1.165, 1.54) is 4.90 Å². The van der Waals surface area contributed by atoms with E-state index in [4.69, 9.17) is 9.15 Å². The van der Waals surface area contributed by atoms with Crippen LogP contribution in [0.5, 0.6) is 0 Å². The van der Waals surface area contributed by atoms with Gasteiger partial charge in [0.1, 0.15) is 5.60 Å². The van der Waals surface area contributed by atoms with E-state index >= 15 is 0 Å². The van der Waals surface area contributed by atoms with Gasteiger partial charge in [-0.3, -0.25) is 10.3 Å². The second-order valence-corrected chi connectivity index (χ2v) is 9.56. The molecule has 0 aliphatic rings. The Morgan fingerprint density at radius 2 is 1.83 bits per heavy atom. The second kappa shape index (κ2) is 10.5. The van der Waals surface area contributed by atoms with Gasteiger partial charge in [0, 0.05) is 31.2 Å². The monoisotopic (exact) mass is 481 g/mol. The Morgan fingerprint density at radius 3 is 2.46 bits per heavy atom. The van der Waals surface area contributed by atoms with Crippen LogP contribution in [-0.2, 0) is 11.3 Å². The minimum atomic E-state index is -0.665. The Balaban J connectivity index is 1.90. The normalized spacial score (nSPS) is 11.4. The number of rotatable bonds is 6. The third-order valence-corrected chi connectivity index (χ3v) is 4.90. The largest absolute Gasteiger partial charge is 0.444 e. The molecule has 2 aromatic heterocycles. The lowest BCUT2D eigenvalue weighted by Crippen LogP contribution is -2.42. The predicted octanol–water partition coefficient (Wildman–Crippen LogP) is 4.61. The van der Waals surface area contributed by atoms with Crippen LogP contribution >= 0.6 is 0 Å². The number of fused-ring (bicyclic) bond motifs is 1. The van der Waals surface area contributed by atoms with Crippen molar-refractivity contribution >= 4 is 34.7 Å². The Bertz CT molecular complexity index is 1260. The highest BCUT2D eigenvalue weighted by atomic mass is 16.6. The molecule has 0 aliphatic heterocycles. The number of aryl methyl sites for hydroxylation is 1. The van der Waals surface area contributed by atoms with Gasteiger partial charge in [-0.1, -0.05) is 13.8 Å². The lowest BCUT2D eigenvalue weighted by molar-refractivity contribution is 0.0635. The first-order valence-electron chi connectivity index (χ1n) is 11.3. The number of nitrogens with zero attached hydrogens (tertiary/aromatic N) is 3. The number of amides is 3. The van der Waals surface area contributed by atoms with Crippen molar-refractivity contribution in [1.82, 2.24) is 15.3 Å². The zero-order chi connectivity index (χ0) is 25.8. The molecule has 10 heteroatoms. The van der Waals surface area contributed by atoms with Crippen molar-refractivity contribution in [2.75, 3.05) is 16.8 Å². The molecule has 3 rings (SSSR count). The van der Waals surface area contributed by atoms with E-state index in [0.29, 0.717) is 23.3 Å². The fourth-order valence-electron chi connectivity index (χ4n) is 3.36. The number of hydrogen-bond donors (Lipinski definition) is 2. The maximum Gasteiger partial charge on any atom is 0.412 e. The van der Waals surface area contributed by atoms with Crippen molar-refractivity contribution in [3.63, 3.8) is 0 Å². The highest BCUT2D eigenvalue weighted by Crippen LogP contribution is 2.25. The summed E-state index contributed by atoms with van der Waals surface area (Å²) in [6, 6.07) is 6.29. The molecule has 0 bridgehead atoms. The third kappa shape index (κ3) is 6.78. The van der Waals surface area contributed by atoms with Gasteiger partial charge in [0.05, 0.1) is 10.9 Å². The quantitative estimate of drug-likeness (QED) is 0.526. The molecule has 0 unspecified atom stereocenters. The fraction of sp³-hybridized carbons (Fsp3) is 0.400.